The monoisotopic (exact) mass is 362 g/mol. The lowest BCUT2D eigenvalue weighted by Crippen LogP contribution is -2.11. The minimum Gasteiger partial charge on any atom is -0.206 e. The summed E-state index contributed by atoms with van der Waals surface area (Å²) in [6.45, 7) is 3.67. The number of halogens is 5. The van der Waals surface area contributed by atoms with Crippen molar-refractivity contribution in [2.24, 2.45) is 0 Å². The molecule has 5 heteroatoms. The Morgan fingerprint density at radius 1 is 0.885 bits per heavy atom. The SMILES string of the molecule is C=CCCc1ccc(-c2ccc3c(F)c(C(F)(F)F)c(F)cc3c2)cc1. The van der Waals surface area contributed by atoms with Gasteiger partial charge in [0.1, 0.15) is 17.2 Å². The summed E-state index contributed by atoms with van der Waals surface area (Å²) in [5.74, 6) is -3.20. The third kappa shape index (κ3) is 3.47. The predicted molar refractivity (Wildman–Crippen MR) is 92.8 cm³/mol. The molecule has 0 atom stereocenters. The second-order valence-corrected chi connectivity index (χ2v) is 6.01. The van der Waals surface area contributed by atoms with Crippen LogP contribution >= 0.6 is 0 Å². The first kappa shape index (κ1) is 18.1. The summed E-state index contributed by atoms with van der Waals surface area (Å²) < 4.78 is 66.4. The molecule has 0 fully saturated rings. The molecule has 0 aromatic heterocycles. The van der Waals surface area contributed by atoms with E-state index in [9.17, 15) is 22.0 Å². The Morgan fingerprint density at radius 2 is 1.54 bits per heavy atom. The molecule has 0 aliphatic rings. The van der Waals surface area contributed by atoms with E-state index in [1.165, 1.54) is 18.2 Å². The summed E-state index contributed by atoms with van der Waals surface area (Å²) in [5, 5.41) is -0.175. The van der Waals surface area contributed by atoms with E-state index in [0.717, 1.165) is 30.0 Å². The summed E-state index contributed by atoms with van der Waals surface area (Å²) in [6.07, 6.45) is -1.54. The van der Waals surface area contributed by atoms with Crippen molar-refractivity contribution < 1.29 is 22.0 Å². The van der Waals surface area contributed by atoms with Gasteiger partial charge in [-0.05, 0) is 47.1 Å². The van der Waals surface area contributed by atoms with Crippen LogP contribution in [0.5, 0.6) is 0 Å². The van der Waals surface area contributed by atoms with Crippen LogP contribution in [0.3, 0.4) is 0 Å². The van der Waals surface area contributed by atoms with Gasteiger partial charge in [-0.3, -0.25) is 0 Å². The van der Waals surface area contributed by atoms with Gasteiger partial charge in [0, 0.05) is 5.39 Å². The zero-order valence-electron chi connectivity index (χ0n) is 13.7. The van der Waals surface area contributed by atoms with Gasteiger partial charge in [-0.1, -0.05) is 42.5 Å². The van der Waals surface area contributed by atoms with Gasteiger partial charge in [-0.15, -0.1) is 6.58 Å². The smallest absolute Gasteiger partial charge is 0.206 e. The molecule has 3 aromatic carbocycles. The number of alkyl halides is 3. The van der Waals surface area contributed by atoms with Crippen molar-refractivity contribution in [1.82, 2.24) is 0 Å². The molecule has 3 rings (SSSR count). The van der Waals surface area contributed by atoms with Crippen LogP contribution in [0.1, 0.15) is 17.5 Å². The van der Waals surface area contributed by atoms with E-state index < -0.39 is 23.4 Å². The summed E-state index contributed by atoms with van der Waals surface area (Å²) in [4.78, 5) is 0. The van der Waals surface area contributed by atoms with E-state index >= 15 is 0 Å². The fraction of sp³-hybridized carbons (Fsp3) is 0.143. The predicted octanol–water partition coefficient (Wildman–Crippen LogP) is 6.92. The van der Waals surface area contributed by atoms with Gasteiger partial charge in [0.2, 0.25) is 0 Å². The Kier molecular flexibility index (Phi) is 4.81. The van der Waals surface area contributed by atoms with Gasteiger partial charge in [0.15, 0.2) is 0 Å². The largest absolute Gasteiger partial charge is 0.422 e. The zero-order chi connectivity index (χ0) is 18.9. The normalized spacial score (nSPS) is 11.7. The quantitative estimate of drug-likeness (QED) is 0.349. The molecule has 0 aliphatic carbocycles. The maximum atomic E-state index is 14.2. The zero-order valence-corrected chi connectivity index (χ0v) is 13.7. The van der Waals surface area contributed by atoms with E-state index in [-0.39, 0.29) is 10.8 Å². The van der Waals surface area contributed by atoms with Crippen molar-refractivity contribution >= 4 is 10.8 Å². The van der Waals surface area contributed by atoms with Crippen LogP contribution in [0.2, 0.25) is 0 Å². The maximum Gasteiger partial charge on any atom is 0.422 e. The van der Waals surface area contributed by atoms with Crippen LogP contribution in [-0.2, 0) is 12.6 Å². The molecule has 0 N–H and O–H groups in total. The lowest BCUT2D eigenvalue weighted by atomic mass is 9.97. The van der Waals surface area contributed by atoms with Crippen molar-refractivity contribution in [3.63, 3.8) is 0 Å². The molecule has 0 amide bonds. The molecule has 26 heavy (non-hydrogen) atoms. The van der Waals surface area contributed by atoms with Gasteiger partial charge in [-0.2, -0.15) is 13.2 Å². The van der Waals surface area contributed by atoms with Crippen molar-refractivity contribution in [2.45, 2.75) is 19.0 Å². The summed E-state index contributed by atoms with van der Waals surface area (Å²) in [5.41, 5.74) is 0.756. The van der Waals surface area contributed by atoms with Crippen LogP contribution in [0.15, 0.2) is 61.2 Å². The van der Waals surface area contributed by atoms with Crippen LogP contribution in [0.25, 0.3) is 21.9 Å². The number of benzene rings is 3. The molecule has 0 nitrogen and oxygen atoms in total. The van der Waals surface area contributed by atoms with Crippen LogP contribution in [0.4, 0.5) is 22.0 Å². The fourth-order valence-corrected chi connectivity index (χ4v) is 2.90. The molecule has 3 aromatic rings. The van der Waals surface area contributed by atoms with E-state index in [1.807, 2.05) is 30.3 Å². The van der Waals surface area contributed by atoms with Crippen molar-refractivity contribution in [3.05, 3.63) is 83.9 Å². The van der Waals surface area contributed by atoms with Crippen LogP contribution < -0.4 is 0 Å². The number of allylic oxidation sites excluding steroid dienone is 1. The number of hydrogen-bond acceptors (Lipinski definition) is 0. The van der Waals surface area contributed by atoms with Gasteiger partial charge < -0.3 is 0 Å². The Balaban J connectivity index is 2.03. The number of rotatable bonds is 4. The molecule has 0 bridgehead atoms. The lowest BCUT2D eigenvalue weighted by molar-refractivity contribution is -0.142. The summed E-state index contributed by atoms with van der Waals surface area (Å²) in [6, 6.07) is 12.6. The number of hydrogen-bond donors (Lipinski definition) is 0. The van der Waals surface area contributed by atoms with E-state index in [2.05, 4.69) is 6.58 Å². The third-order valence-corrected chi connectivity index (χ3v) is 4.24. The van der Waals surface area contributed by atoms with Gasteiger partial charge in [0.05, 0.1) is 0 Å². The Morgan fingerprint density at radius 3 is 2.15 bits per heavy atom. The van der Waals surface area contributed by atoms with Crippen LogP contribution in [-0.4, -0.2) is 0 Å². The molecule has 0 radical (unpaired) electrons. The summed E-state index contributed by atoms with van der Waals surface area (Å²) in [7, 11) is 0. The van der Waals surface area contributed by atoms with E-state index in [0.29, 0.717) is 5.56 Å². The third-order valence-electron chi connectivity index (χ3n) is 4.24. The number of aryl methyl sites for hydroxylation is 1. The van der Waals surface area contributed by atoms with E-state index in [4.69, 9.17) is 0 Å². The Labute approximate surface area is 147 Å². The first-order chi connectivity index (χ1) is 12.3. The van der Waals surface area contributed by atoms with Crippen molar-refractivity contribution in [2.75, 3.05) is 0 Å². The molecule has 134 valence electrons. The Bertz CT molecular complexity index is 953. The Hall–Kier alpha value is -2.69. The molecule has 0 saturated carbocycles. The van der Waals surface area contributed by atoms with Crippen LogP contribution in [0, 0.1) is 11.6 Å². The average molecular weight is 362 g/mol. The van der Waals surface area contributed by atoms with Crippen molar-refractivity contribution in [3.8, 4) is 11.1 Å². The average Bonchev–Trinajstić information content (AvgIpc) is 2.58. The van der Waals surface area contributed by atoms with Crippen molar-refractivity contribution in [1.29, 1.82) is 0 Å². The highest BCUT2D eigenvalue weighted by molar-refractivity contribution is 5.88. The highest BCUT2D eigenvalue weighted by atomic mass is 19.4. The molecular formula is C21H15F5. The van der Waals surface area contributed by atoms with Gasteiger partial charge >= 0.3 is 6.18 Å². The molecular weight excluding hydrogens is 347 g/mol. The lowest BCUT2D eigenvalue weighted by Gasteiger charge is -2.12. The maximum absolute atomic E-state index is 14.2. The minimum absolute atomic E-state index is 0.0845. The molecule has 0 unspecified atom stereocenters. The second-order valence-electron chi connectivity index (χ2n) is 6.01. The molecule has 0 spiro atoms. The summed E-state index contributed by atoms with van der Waals surface area (Å²) >= 11 is 0. The highest BCUT2D eigenvalue weighted by Gasteiger charge is 2.38. The highest BCUT2D eigenvalue weighted by Crippen LogP contribution is 2.37. The number of fused-ring (bicyclic) bond motifs is 1. The first-order valence-electron chi connectivity index (χ1n) is 8.00. The second kappa shape index (κ2) is 6.90. The molecule has 0 heterocycles. The fourth-order valence-electron chi connectivity index (χ4n) is 2.90. The van der Waals surface area contributed by atoms with Gasteiger partial charge in [0.25, 0.3) is 0 Å². The first-order valence-corrected chi connectivity index (χ1v) is 8.00. The van der Waals surface area contributed by atoms with E-state index in [1.54, 1.807) is 0 Å². The minimum atomic E-state index is -5.08. The van der Waals surface area contributed by atoms with Gasteiger partial charge in [-0.25, -0.2) is 8.78 Å². The molecule has 0 aliphatic heterocycles. The standard InChI is InChI=1S/C21H15F5/c1-2-3-4-13-5-7-14(8-6-13)15-9-10-17-16(11-15)12-18(22)19(20(17)23)21(24,25)26/h2,5-12H,1,3-4H2. The topological polar surface area (TPSA) is 0 Å². The molecule has 0 saturated heterocycles.